The standard InChI is InChI=1S/C25H21ClFN3O2/c26-21-11-9-19(10-12-21)24-28-23(32-29-24)14-16-30(15-13-18-5-2-1-3-6-18)25(31)20-7-4-8-22(27)17-20/h1-12,17H,13-16H2. The molecule has 3 aromatic carbocycles. The molecule has 0 N–H and O–H groups in total. The maximum atomic E-state index is 13.7. The van der Waals surface area contributed by atoms with E-state index in [1.807, 2.05) is 42.5 Å². The third kappa shape index (κ3) is 5.59. The van der Waals surface area contributed by atoms with Gasteiger partial charge in [-0.1, -0.05) is 53.2 Å². The summed E-state index contributed by atoms with van der Waals surface area (Å²) < 4.78 is 19.0. The Morgan fingerprint density at radius 3 is 2.44 bits per heavy atom. The number of hydrogen-bond acceptors (Lipinski definition) is 4. The molecule has 0 aliphatic carbocycles. The van der Waals surface area contributed by atoms with Crippen molar-refractivity contribution in [1.82, 2.24) is 15.0 Å². The maximum Gasteiger partial charge on any atom is 0.253 e. The number of rotatable bonds is 8. The van der Waals surface area contributed by atoms with Gasteiger partial charge in [-0.2, -0.15) is 4.98 Å². The molecule has 7 heteroatoms. The summed E-state index contributed by atoms with van der Waals surface area (Å²) in [5.74, 6) is 0.205. The fourth-order valence-corrected chi connectivity index (χ4v) is 3.46. The van der Waals surface area contributed by atoms with Crippen LogP contribution in [0, 0.1) is 5.82 Å². The second-order valence-corrected chi connectivity index (χ2v) is 7.74. The molecule has 0 saturated carbocycles. The molecular weight excluding hydrogens is 429 g/mol. The quantitative estimate of drug-likeness (QED) is 0.358. The number of halogens is 2. The molecule has 0 atom stereocenters. The van der Waals surface area contributed by atoms with Crippen molar-refractivity contribution in [2.24, 2.45) is 0 Å². The van der Waals surface area contributed by atoms with Gasteiger partial charge in [0, 0.05) is 35.7 Å². The zero-order valence-corrected chi connectivity index (χ0v) is 18.0. The zero-order chi connectivity index (χ0) is 22.3. The first kappa shape index (κ1) is 21.7. The maximum absolute atomic E-state index is 13.7. The Morgan fingerprint density at radius 1 is 0.938 bits per heavy atom. The van der Waals surface area contributed by atoms with Crippen LogP contribution < -0.4 is 0 Å². The second kappa shape index (κ2) is 10.2. The molecule has 0 aliphatic rings. The lowest BCUT2D eigenvalue weighted by atomic mass is 10.1. The van der Waals surface area contributed by atoms with Gasteiger partial charge in [0.05, 0.1) is 0 Å². The molecule has 5 nitrogen and oxygen atoms in total. The Labute approximate surface area is 190 Å². The Bertz CT molecular complexity index is 1180. The molecule has 0 aliphatic heterocycles. The predicted octanol–water partition coefficient (Wildman–Crippen LogP) is 5.46. The SMILES string of the molecule is O=C(c1cccc(F)c1)N(CCc1ccccc1)CCc1nc(-c2ccc(Cl)cc2)no1. The first-order valence-corrected chi connectivity index (χ1v) is 10.6. The molecule has 32 heavy (non-hydrogen) atoms. The molecule has 1 aromatic heterocycles. The Hall–Kier alpha value is -3.51. The van der Waals surface area contributed by atoms with E-state index in [1.165, 1.54) is 18.2 Å². The summed E-state index contributed by atoms with van der Waals surface area (Å²) in [5.41, 5.74) is 2.22. The van der Waals surface area contributed by atoms with E-state index >= 15 is 0 Å². The molecule has 0 unspecified atom stereocenters. The Kier molecular flexibility index (Phi) is 6.92. The van der Waals surface area contributed by atoms with Gasteiger partial charge in [-0.05, 0) is 54.4 Å². The first-order valence-electron chi connectivity index (χ1n) is 10.3. The van der Waals surface area contributed by atoms with Gasteiger partial charge in [-0.3, -0.25) is 4.79 Å². The van der Waals surface area contributed by atoms with Crippen LogP contribution in [0.15, 0.2) is 83.4 Å². The number of carbonyl (C=O) groups excluding carboxylic acids is 1. The van der Waals surface area contributed by atoms with E-state index in [1.54, 1.807) is 23.1 Å². The summed E-state index contributed by atoms with van der Waals surface area (Å²) in [5, 5.41) is 4.65. The van der Waals surface area contributed by atoms with Crippen molar-refractivity contribution in [3.63, 3.8) is 0 Å². The molecule has 0 spiro atoms. The third-order valence-electron chi connectivity index (χ3n) is 5.04. The minimum absolute atomic E-state index is 0.238. The van der Waals surface area contributed by atoms with Crippen molar-refractivity contribution < 1.29 is 13.7 Å². The van der Waals surface area contributed by atoms with Gasteiger partial charge >= 0.3 is 0 Å². The lowest BCUT2D eigenvalue weighted by molar-refractivity contribution is 0.0755. The number of nitrogens with zero attached hydrogens (tertiary/aromatic N) is 3. The number of hydrogen-bond donors (Lipinski definition) is 0. The predicted molar refractivity (Wildman–Crippen MR) is 121 cm³/mol. The van der Waals surface area contributed by atoms with Gasteiger partial charge in [-0.15, -0.1) is 0 Å². The lowest BCUT2D eigenvalue weighted by Gasteiger charge is -2.22. The lowest BCUT2D eigenvalue weighted by Crippen LogP contribution is -2.35. The van der Waals surface area contributed by atoms with Gasteiger partial charge in [0.2, 0.25) is 11.7 Å². The highest BCUT2D eigenvalue weighted by Crippen LogP contribution is 2.19. The van der Waals surface area contributed by atoms with E-state index < -0.39 is 5.82 Å². The minimum Gasteiger partial charge on any atom is -0.339 e. The Morgan fingerprint density at radius 2 is 1.69 bits per heavy atom. The average molecular weight is 450 g/mol. The summed E-state index contributed by atoms with van der Waals surface area (Å²) in [4.78, 5) is 19.2. The van der Waals surface area contributed by atoms with Crippen molar-refractivity contribution in [3.05, 3.63) is 107 Å². The number of benzene rings is 3. The van der Waals surface area contributed by atoms with Crippen LogP contribution in [0.2, 0.25) is 5.02 Å². The molecule has 4 aromatic rings. The van der Waals surface area contributed by atoms with E-state index in [4.69, 9.17) is 16.1 Å². The summed E-state index contributed by atoms with van der Waals surface area (Å²) >= 11 is 5.93. The largest absolute Gasteiger partial charge is 0.339 e. The molecule has 1 amide bonds. The summed E-state index contributed by atoms with van der Waals surface area (Å²) in [6.07, 6.45) is 1.07. The van der Waals surface area contributed by atoms with Crippen LogP contribution in [0.25, 0.3) is 11.4 Å². The van der Waals surface area contributed by atoms with Crippen LogP contribution in [-0.4, -0.2) is 34.0 Å². The van der Waals surface area contributed by atoms with Crippen LogP contribution in [0.4, 0.5) is 4.39 Å². The van der Waals surface area contributed by atoms with Crippen LogP contribution in [-0.2, 0) is 12.8 Å². The molecule has 0 radical (unpaired) electrons. The van der Waals surface area contributed by atoms with Crippen LogP contribution in [0.3, 0.4) is 0 Å². The van der Waals surface area contributed by atoms with Gasteiger partial charge in [0.1, 0.15) is 5.82 Å². The number of amides is 1. The molecule has 1 heterocycles. The van der Waals surface area contributed by atoms with Crippen molar-refractivity contribution in [1.29, 1.82) is 0 Å². The van der Waals surface area contributed by atoms with E-state index in [0.717, 1.165) is 11.1 Å². The van der Waals surface area contributed by atoms with Crippen molar-refractivity contribution in [3.8, 4) is 11.4 Å². The molecule has 0 saturated heterocycles. The normalized spacial score (nSPS) is 10.8. The minimum atomic E-state index is -0.441. The topological polar surface area (TPSA) is 59.2 Å². The summed E-state index contributed by atoms with van der Waals surface area (Å²) in [7, 11) is 0. The van der Waals surface area contributed by atoms with Crippen LogP contribution in [0.1, 0.15) is 21.8 Å². The highest BCUT2D eigenvalue weighted by atomic mass is 35.5. The third-order valence-corrected chi connectivity index (χ3v) is 5.29. The van der Waals surface area contributed by atoms with E-state index in [-0.39, 0.29) is 5.91 Å². The molecule has 4 rings (SSSR count). The fourth-order valence-electron chi connectivity index (χ4n) is 3.33. The smallest absolute Gasteiger partial charge is 0.253 e. The van der Waals surface area contributed by atoms with Crippen LogP contribution >= 0.6 is 11.6 Å². The van der Waals surface area contributed by atoms with E-state index in [2.05, 4.69) is 10.1 Å². The number of aromatic nitrogens is 2. The van der Waals surface area contributed by atoms with Gasteiger partial charge in [0.15, 0.2) is 0 Å². The van der Waals surface area contributed by atoms with Gasteiger partial charge < -0.3 is 9.42 Å². The van der Waals surface area contributed by atoms with Crippen LogP contribution in [0.5, 0.6) is 0 Å². The highest BCUT2D eigenvalue weighted by Gasteiger charge is 2.18. The summed E-state index contributed by atoms with van der Waals surface area (Å²) in [6.45, 7) is 0.849. The van der Waals surface area contributed by atoms with E-state index in [9.17, 15) is 9.18 Å². The van der Waals surface area contributed by atoms with Crippen molar-refractivity contribution in [2.45, 2.75) is 12.8 Å². The highest BCUT2D eigenvalue weighted by molar-refractivity contribution is 6.30. The summed E-state index contributed by atoms with van der Waals surface area (Å²) in [6, 6.07) is 22.8. The average Bonchev–Trinajstić information content (AvgIpc) is 3.29. The Balaban J connectivity index is 1.47. The molecule has 0 fully saturated rings. The molecule has 162 valence electrons. The van der Waals surface area contributed by atoms with Gasteiger partial charge in [-0.25, -0.2) is 4.39 Å². The first-order chi connectivity index (χ1) is 15.6. The van der Waals surface area contributed by atoms with Gasteiger partial charge in [0.25, 0.3) is 5.91 Å². The zero-order valence-electron chi connectivity index (χ0n) is 17.2. The molecule has 0 bridgehead atoms. The van der Waals surface area contributed by atoms with Crippen molar-refractivity contribution in [2.75, 3.05) is 13.1 Å². The number of carbonyl (C=O) groups is 1. The molecular formula is C25H21ClFN3O2. The van der Waals surface area contributed by atoms with Crippen molar-refractivity contribution >= 4 is 17.5 Å². The second-order valence-electron chi connectivity index (χ2n) is 7.31. The monoisotopic (exact) mass is 449 g/mol. The fraction of sp³-hybridized carbons (Fsp3) is 0.160. The van der Waals surface area contributed by atoms with E-state index in [0.29, 0.717) is 48.2 Å².